The van der Waals surface area contributed by atoms with Crippen LogP contribution < -0.4 is 9.64 Å². The van der Waals surface area contributed by atoms with Crippen molar-refractivity contribution < 1.29 is 9.53 Å². The van der Waals surface area contributed by atoms with Gasteiger partial charge in [-0.1, -0.05) is 29.5 Å². The minimum atomic E-state index is -0.0338. The Morgan fingerprint density at radius 3 is 2.56 bits per heavy atom. The minimum absolute atomic E-state index is 0.0338. The van der Waals surface area contributed by atoms with Crippen molar-refractivity contribution in [3.63, 3.8) is 0 Å². The summed E-state index contributed by atoms with van der Waals surface area (Å²) in [6.45, 7) is 1.34. The highest BCUT2D eigenvalue weighted by atomic mass is 32.1. The van der Waals surface area contributed by atoms with Crippen LogP contribution in [-0.4, -0.2) is 50.1 Å². The number of thiazole rings is 1. The molecule has 1 amide bonds. The van der Waals surface area contributed by atoms with Gasteiger partial charge < -0.3 is 9.64 Å². The van der Waals surface area contributed by atoms with Crippen LogP contribution in [0.4, 0.5) is 5.13 Å². The molecule has 0 N–H and O–H groups in total. The Labute approximate surface area is 151 Å². The van der Waals surface area contributed by atoms with Crippen LogP contribution in [0.3, 0.4) is 0 Å². The van der Waals surface area contributed by atoms with Gasteiger partial charge >= 0.3 is 0 Å². The molecule has 0 aliphatic carbocycles. The molecule has 0 spiro atoms. The van der Waals surface area contributed by atoms with E-state index >= 15 is 0 Å². The Morgan fingerprint density at radius 1 is 1.12 bits per heavy atom. The number of benzene rings is 2. The normalized spacial score (nSPS) is 11.0. The summed E-state index contributed by atoms with van der Waals surface area (Å²) in [5.74, 6) is 0.729. The number of likely N-dealkylation sites (N-methyl/N-ethyl adjacent to an activating group) is 1. The smallest absolute Gasteiger partial charge is 0.260 e. The lowest BCUT2D eigenvalue weighted by atomic mass is 10.2. The molecule has 0 bridgehead atoms. The first kappa shape index (κ1) is 17.4. The number of hydrogen-bond acceptors (Lipinski definition) is 5. The van der Waals surface area contributed by atoms with Gasteiger partial charge in [0, 0.05) is 24.7 Å². The molecule has 3 aromatic rings. The summed E-state index contributed by atoms with van der Waals surface area (Å²) in [5, 5.41) is 0.707. The molecular weight excluding hydrogens is 334 g/mol. The minimum Gasteiger partial charge on any atom is -0.497 e. The van der Waals surface area contributed by atoms with Crippen molar-refractivity contribution in [3.05, 3.63) is 54.1 Å². The fourth-order valence-corrected chi connectivity index (χ4v) is 3.43. The second kappa shape index (κ2) is 7.63. The van der Waals surface area contributed by atoms with Crippen molar-refractivity contribution in [3.8, 4) is 5.75 Å². The van der Waals surface area contributed by atoms with Gasteiger partial charge in [-0.3, -0.25) is 9.69 Å². The lowest BCUT2D eigenvalue weighted by molar-refractivity contribution is 0.0985. The van der Waals surface area contributed by atoms with E-state index in [0.717, 1.165) is 22.5 Å². The molecule has 1 heterocycles. The maximum Gasteiger partial charge on any atom is 0.260 e. The van der Waals surface area contributed by atoms with E-state index in [-0.39, 0.29) is 5.91 Å². The molecule has 3 rings (SSSR count). The van der Waals surface area contributed by atoms with Gasteiger partial charge in [0.2, 0.25) is 0 Å². The number of fused-ring (bicyclic) bond motifs is 1. The van der Waals surface area contributed by atoms with Crippen LogP contribution in [0.2, 0.25) is 0 Å². The van der Waals surface area contributed by atoms with E-state index in [4.69, 9.17) is 4.74 Å². The molecule has 0 saturated heterocycles. The quantitative estimate of drug-likeness (QED) is 0.679. The highest BCUT2D eigenvalue weighted by molar-refractivity contribution is 7.22. The van der Waals surface area contributed by atoms with Crippen LogP contribution in [-0.2, 0) is 0 Å². The van der Waals surface area contributed by atoms with Crippen LogP contribution in [0, 0.1) is 0 Å². The SMILES string of the molecule is COc1ccc2sc(N(CCN(C)C)C(=O)c3ccccc3)nc2c1. The first-order chi connectivity index (χ1) is 12.1. The van der Waals surface area contributed by atoms with Gasteiger partial charge in [-0.25, -0.2) is 4.98 Å². The number of hydrogen-bond donors (Lipinski definition) is 0. The molecule has 0 aliphatic rings. The molecule has 0 aliphatic heterocycles. The summed E-state index contributed by atoms with van der Waals surface area (Å²) < 4.78 is 6.30. The average Bonchev–Trinajstić information content (AvgIpc) is 3.04. The number of nitrogens with zero attached hydrogens (tertiary/aromatic N) is 3. The molecule has 5 nitrogen and oxygen atoms in total. The summed E-state index contributed by atoms with van der Waals surface area (Å²) in [7, 11) is 5.62. The zero-order valence-corrected chi connectivity index (χ0v) is 15.4. The van der Waals surface area contributed by atoms with Crippen molar-refractivity contribution >= 4 is 32.6 Å². The molecule has 0 fully saturated rings. The molecule has 0 radical (unpaired) electrons. The third-order valence-corrected chi connectivity index (χ3v) is 4.91. The Morgan fingerprint density at radius 2 is 1.88 bits per heavy atom. The van der Waals surface area contributed by atoms with Gasteiger partial charge in [0.25, 0.3) is 5.91 Å². The van der Waals surface area contributed by atoms with Crippen LogP contribution >= 0.6 is 11.3 Å². The highest BCUT2D eigenvalue weighted by Gasteiger charge is 2.21. The van der Waals surface area contributed by atoms with Crippen LogP contribution in [0.1, 0.15) is 10.4 Å². The van der Waals surface area contributed by atoms with Gasteiger partial charge in [-0.2, -0.15) is 0 Å². The van der Waals surface area contributed by atoms with E-state index in [1.165, 1.54) is 11.3 Å². The van der Waals surface area contributed by atoms with Crippen molar-refractivity contribution in [2.45, 2.75) is 0 Å². The number of ether oxygens (including phenoxy) is 1. The largest absolute Gasteiger partial charge is 0.497 e. The highest BCUT2D eigenvalue weighted by Crippen LogP contribution is 2.31. The van der Waals surface area contributed by atoms with E-state index < -0.39 is 0 Å². The maximum absolute atomic E-state index is 13.0. The second-order valence-electron chi connectivity index (χ2n) is 5.96. The fourth-order valence-electron chi connectivity index (χ4n) is 2.46. The Balaban J connectivity index is 1.97. The lowest BCUT2D eigenvalue weighted by Gasteiger charge is -2.22. The first-order valence-corrected chi connectivity index (χ1v) is 8.86. The first-order valence-electron chi connectivity index (χ1n) is 8.04. The predicted octanol–water partition coefficient (Wildman–Crippen LogP) is 3.51. The Hall–Kier alpha value is -2.44. The van der Waals surface area contributed by atoms with Crippen LogP contribution in [0.5, 0.6) is 5.75 Å². The van der Waals surface area contributed by atoms with Gasteiger partial charge in [0.05, 0.1) is 17.3 Å². The van der Waals surface area contributed by atoms with Crippen molar-refractivity contribution in [2.24, 2.45) is 0 Å². The summed E-state index contributed by atoms with van der Waals surface area (Å²) in [5.41, 5.74) is 1.51. The number of anilines is 1. The van der Waals surface area contributed by atoms with Gasteiger partial charge in [0.1, 0.15) is 5.75 Å². The van der Waals surface area contributed by atoms with E-state index in [1.807, 2.05) is 62.6 Å². The summed E-state index contributed by atoms with van der Waals surface area (Å²) in [4.78, 5) is 21.5. The molecule has 25 heavy (non-hydrogen) atoms. The monoisotopic (exact) mass is 355 g/mol. The average molecular weight is 355 g/mol. The van der Waals surface area contributed by atoms with Crippen molar-refractivity contribution in [1.29, 1.82) is 0 Å². The molecule has 0 saturated carbocycles. The van der Waals surface area contributed by atoms with Gasteiger partial charge in [0.15, 0.2) is 5.13 Å². The predicted molar refractivity (Wildman–Crippen MR) is 103 cm³/mol. The number of aromatic nitrogens is 1. The summed E-state index contributed by atoms with van der Waals surface area (Å²) >= 11 is 1.52. The second-order valence-corrected chi connectivity index (χ2v) is 6.97. The fraction of sp³-hybridized carbons (Fsp3) is 0.263. The van der Waals surface area contributed by atoms with E-state index in [2.05, 4.69) is 9.88 Å². The van der Waals surface area contributed by atoms with E-state index in [9.17, 15) is 4.79 Å². The molecule has 0 atom stereocenters. The lowest BCUT2D eigenvalue weighted by Crippen LogP contribution is -2.36. The van der Waals surface area contributed by atoms with Crippen LogP contribution in [0.15, 0.2) is 48.5 Å². The number of rotatable bonds is 6. The Kier molecular flexibility index (Phi) is 5.31. The number of amides is 1. The molecule has 0 unspecified atom stereocenters. The summed E-state index contributed by atoms with van der Waals surface area (Å²) in [6, 6.07) is 15.1. The van der Waals surface area contributed by atoms with Gasteiger partial charge in [-0.05, 0) is 38.4 Å². The third-order valence-electron chi connectivity index (χ3n) is 3.85. The molecule has 130 valence electrons. The number of carbonyl (C=O) groups excluding carboxylic acids is 1. The number of carbonyl (C=O) groups is 1. The Bertz CT molecular complexity index is 861. The maximum atomic E-state index is 13.0. The molecule has 6 heteroatoms. The van der Waals surface area contributed by atoms with Crippen LogP contribution in [0.25, 0.3) is 10.2 Å². The van der Waals surface area contributed by atoms with E-state index in [1.54, 1.807) is 12.0 Å². The third kappa shape index (κ3) is 3.97. The molecule has 2 aromatic carbocycles. The molecule has 1 aromatic heterocycles. The molecular formula is C19H21N3O2S. The summed E-state index contributed by atoms with van der Waals surface area (Å²) in [6.07, 6.45) is 0. The van der Waals surface area contributed by atoms with Gasteiger partial charge in [-0.15, -0.1) is 0 Å². The standard InChI is InChI=1S/C19H21N3O2S/c1-21(2)11-12-22(18(23)14-7-5-4-6-8-14)19-20-16-13-15(24-3)9-10-17(16)25-19/h4-10,13H,11-12H2,1-3H3. The number of methoxy groups -OCH3 is 1. The topological polar surface area (TPSA) is 45.7 Å². The van der Waals surface area contributed by atoms with E-state index in [0.29, 0.717) is 17.2 Å². The zero-order valence-electron chi connectivity index (χ0n) is 14.6. The van der Waals surface area contributed by atoms with Crippen molar-refractivity contribution in [2.75, 3.05) is 39.2 Å². The zero-order chi connectivity index (χ0) is 17.8. The van der Waals surface area contributed by atoms with Crippen molar-refractivity contribution in [1.82, 2.24) is 9.88 Å².